The summed E-state index contributed by atoms with van der Waals surface area (Å²) in [6, 6.07) is 6.42. The van der Waals surface area contributed by atoms with Crippen LogP contribution < -0.4 is 4.74 Å². The van der Waals surface area contributed by atoms with Gasteiger partial charge < -0.3 is 4.74 Å². The van der Waals surface area contributed by atoms with Crippen molar-refractivity contribution in [2.45, 2.75) is 119 Å². The molecule has 46 heavy (non-hydrogen) atoms. The number of rotatable bonds is 11. The summed E-state index contributed by atoms with van der Waals surface area (Å²) in [5, 5.41) is 0. The highest BCUT2D eigenvalue weighted by molar-refractivity contribution is 5.75. The molecule has 0 bridgehead atoms. The van der Waals surface area contributed by atoms with Crippen LogP contribution in [-0.4, -0.2) is 47.7 Å². The Bertz CT molecular complexity index is 1180. The van der Waals surface area contributed by atoms with Gasteiger partial charge in [0.25, 0.3) is 0 Å². The molecule has 0 unspecified atom stereocenters. The quantitative estimate of drug-likeness (QED) is 0.131. The van der Waals surface area contributed by atoms with Crippen molar-refractivity contribution in [1.82, 2.24) is 0 Å². The van der Waals surface area contributed by atoms with Gasteiger partial charge in [-0.3, -0.25) is 4.79 Å². The van der Waals surface area contributed by atoms with E-state index in [1.807, 2.05) is 0 Å². The van der Waals surface area contributed by atoms with E-state index in [1.165, 1.54) is 12.1 Å². The van der Waals surface area contributed by atoms with Gasteiger partial charge in [0.1, 0.15) is 5.75 Å². The molecule has 2 saturated carbocycles. The highest BCUT2D eigenvalue weighted by atomic mass is 19.4. The molecule has 1 aromatic rings. The summed E-state index contributed by atoms with van der Waals surface area (Å²) in [7, 11) is 0. The zero-order valence-electron chi connectivity index (χ0n) is 24.2. The summed E-state index contributed by atoms with van der Waals surface area (Å²) >= 11 is 0. The van der Waals surface area contributed by atoms with Crippen LogP contribution in [0.3, 0.4) is 0 Å². The maximum Gasteiger partial charge on any atom is 0.460 e. The van der Waals surface area contributed by atoms with E-state index in [-0.39, 0.29) is 5.75 Å². The lowest BCUT2D eigenvalue weighted by Gasteiger charge is -2.44. The normalized spacial score (nSPS) is 24.5. The number of esters is 1. The van der Waals surface area contributed by atoms with Crippen LogP contribution in [0.25, 0.3) is 0 Å². The first kappa shape index (κ1) is 38.1. The predicted octanol–water partition coefficient (Wildman–Crippen LogP) is 10.8. The molecule has 2 fully saturated rings. The summed E-state index contributed by atoms with van der Waals surface area (Å²) in [6.45, 7) is 2.12. The maximum atomic E-state index is 14.6. The molecule has 0 atom stereocenters. The van der Waals surface area contributed by atoms with E-state index < -0.39 is 85.2 Å². The lowest BCUT2D eigenvalue weighted by Crippen LogP contribution is -2.73. The van der Waals surface area contributed by atoms with E-state index in [4.69, 9.17) is 4.74 Å². The monoisotopic (exact) mass is 696 g/mol. The number of halogens is 15. The van der Waals surface area contributed by atoms with Gasteiger partial charge in [-0.2, -0.15) is 65.9 Å². The topological polar surface area (TPSA) is 26.3 Å². The van der Waals surface area contributed by atoms with Crippen LogP contribution in [0, 0.1) is 17.8 Å². The minimum absolute atomic E-state index is 0.0471. The largest absolute Gasteiger partial charge is 0.460 e. The van der Waals surface area contributed by atoms with Gasteiger partial charge in [-0.05, 0) is 80.9 Å². The number of hydrogen-bond donors (Lipinski definition) is 0. The molecule has 2 aliphatic carbocycles. The van der Waals surface area contributed by atoms with Gasteiger partial charge >= 0.3 is 47.7 Å². The molecule has 0 heterocycles. The number of ether oxygens (including phenoxy) is 1. The van der Waals surface area contributed by atoms with Crippen molar-refractivity contribution in [2.75, 3.05) is 0 Å². The predicted molar refractivity (Wildman–Crippen MR) is 133 cm³/mol. The molecule has 0 spiro atoms. The van der Waals surface area contributed by atoms with Crippen LogP contribution >= 0.6 is 0 Å². The zero-order valence-corrected chi connectivity index (χ0v) is 24.2. The number of carbonyl (C=O) groups is 1. The molecule has 0 saturated heterocycles. The van der Waals surface area contributed by atoms with Gasteiger partial charge in [-0.25, -0.2) is 0 Å². The van der Waals surface area contributed by atoms with Crippen LogP contribution in [-0.2, 0) is 4.79 Å². The summed E-state index contributed by atoms with van der Waals surface area (Å²) in [5.74, 6) is -50.8. The van der Waals surface area contributed by atoms with Crippen molar-refractivity contribution in [3.05, 3.63) is 29.8 Å². The Morgan fingerprint density at radius 1 is 0.630 bits per heavy atom. The Morgan fingerprint density at radius 3 is 1.54 bits per heavy atom. The fourth-order valence-electron chi connectivity index (χ4n) is 6.13. The van der Waals surface area contributed by atoms with Crippen LogP contribution in [0.1, 0.15) is 82.6 Å². The lowest BCUT2D eigenvalue weighted by molar-refractivity contribution is -0.455. The van der Waals surface area contributed by atoms with Crippen LogP contribution in [0.4, 0.5) is 65.9 Å². The van der Waals surface area contributed by atoms with Crippen LogP contribution in [0.2, 0.25) is 0 Å². The molecule has 264 valence electrons. The highest BCUT2D eigenvalue weighted by Gasteiger charge is 2.93. The molecular weight excluding hydrogens is 665 g/mol. The van der Waals surface area contributed by atoms with Crippen LogP contribution in [0.5, 0.6) is 5.75 Å². The molecule has 0 N–H and O–H groups in total. The SMILES string of the molecule is CCCC1CCC(c2ccc(OC(=O)C3CCC(C(F)(F)C(F)(F)C(F)(F)C(F)(F)C(F)(F)C(F)(F)C(F)(F)F)CC3)cc2)CC1. The van der Waals surface area contributed by atoms with Gasteiger partial charge in [-0.15, -0.1) is 0 Å². The van der Waals surface area contributed by atoms with E-state index in [0.717, 1.165) is 44.1 Å². The lowest BCUT2D eigenvalue weighted by atomic mass is 9.75. The van der Waals surface area contributed by atoms with Crippen molar-refractivity contribution in [3.63, 3.8) is 0 Å². The van der Waals surface area contributed by atoms with E-state index >= 15 is 0 Å². The van der Waals surface area contributed by atoms with Crippen molar-refractivity contribution in [1.29, 1.82) is 0 Å². The second-order valence-electron chi connectivity index (χ2n) is 12.0. The van der Waals surface area contributed by atoms with Crippen molar-refractivity contribution >= 4 is 5.97 Å². The van der Waals surface area contributed by atoms with Gasteiger partial charge in [0.15, 0.2) is 0 Å². The van der Waals surface area contributed by atoms with E-state index in [9.17, 15) is 70.7 Å². The first-order chi connectivity index (χ1) is 20.9. The minimum Gasteiger partial charge on any atom is -0.426 e. The summed E-state index contributed by atoms with van der Waals surface area (Å²) in [6.07, 6.45) is -5.25. The zero-order chi connectivity index (χ0) is 35.1. The third-order valence-corrected chi connectivity index (χ3v) is 9.04. The minimum atomic E-state index is -8.31. The molecule has 0 radical (unpaired) electrons. The summed E-state index contributed by atoms with van der Waals surface area (Å²) in [5.41, 5.74) is 1.00. The van der Waals surface area contributed by atoms with Gasteiger partial charge in [0.05, 0.1) is 5.92 Å². The fraction of sp³-hybridized carbons (Fsp3) is 0.759. The number of hydrogen-bond acceptors (Lipinski definition) is 2. The summed E-state index contributed by atoms with van der Waals surface area (Å²) < 4.78 is 209. The second kappa shape index (κ2) is 12.9. The molecule has 17 heteroatoms. The Morgan fingerprint density at radius 2 is 1.09 bits per heavy atom. The van der Waals surface area contributed by atoms with Crippen LogP contribution in [0.15, 0.2) is 24.3 Å². The number of carbonyl (C=O) groups excluding carboxylic acids is 1. The molecular formula is C29H31F15O2. The van der Waals surface area contributed by atoms with Crippen molar-refractivity contribution < 1.29 is 75.4 Å². The molecule has 0 aliphatic heterocycles. The van der Waals surface area contributed by atoms with Crippen molar-refractivity contribution in [2.24, 2.45) is 17.8 Å². The standard InChI is InChI=1S/C29H31F15O2/c1-2-3-16-4-6-17(7-5-16)18-10-14-21(15-11-18)46-22(45)19-8-12-20(13-9-19)23(30,31)24(32,33)25(34,35)26(36,37)27(38,39)28(40,41)29(42,43)44/h10-11,14-17,19-20H,2-9,12-13H2,1H3. The van der Waals surface area contributed by atoms with Crippen molar-refractivity contribution in [3.8, 4) is 5.75 Å². The Hall–Kier alpha value is -2.36. The number of benzene rings is 1. The van der Waals surface area contributed by atoms with Gasteiger partial charge in [0.2, 0.25) is 0 Å². The molecule has 2 nitrogen and oxygen atoms in total. The van der Waals surface area contributed by atoms with E-state index in [0.29, 0.717) is 11.8 Å². The first-order valence-corrected chi connectivity index (χ1v) is 14.5. The second-order valence-corrected chi connectivity index (χ2v) is 12.0. The molecule has 0 aromatic heterocycles. The maximum absolute atomic E-state index is 14.6. The third kappa shape index (κ3) is 6.53. The molecule has 3 rings (SSSR count). The molecule has 1 aromatic carbocycles. The fourth-order valence-corrected chi connectivity index (χ4v) is 6.13. The Balaban J connectivity index is 1.65. The molecule has 2 aliphatic rings. The smallest absolute Gasteiger partial charge is 0.426 e. The van der Waals surface area contributed by atoms with Gasteiger partial charge in [-0.1, -0.05) is 31.9 Å². The van der Waals surface area contributed by atoms with Gasteiger partial charge in [0, 0.05) is 5.92 Å². The van der Waals surface area contributed by atoms with E-state index in [2.05, 4.69) is 6.92 Å². The highest BCUT2D eigenvalue weighted by Crippen LogP contribution is 2.64. The summed E-state index contributed by atoms with van der Waals surface area (Å²) in [4.78, 5) is 12.6. The average molecular weight is 697 g/mol. The Labute approximate surface area is 254 Å². The third-order valence-electron chi connectivity index (χ3n) is 9.04. The molecule has 0 amide bonds. The first-order valence-electron chi connectivity index (χ1n) is 14.5. The van der Waals surface area contributed by atoms with E-state index in [1.54, 1.807) is 12.1 Å². The number of alkyl halides is 15. The Kier molecular flexibility index (Phi) is 10.7. The average Bonchev–Trinajstić information content (AvgIpc) is 2.97.